The van der Waals surface area contributed by atoms with E-state index in [0.717, 1.165) is 23.5 Å². The molecule has 0 fully saturated rings. The van der Waals surface area contributed by atoms with Gasteiger partial charge in [-0.25, -0.2) is 14.8 Å². The minimum atomic E-state index is -1.02. The van der Waals surface area contributed by atoms with Gasteiger partial charge in [0, 0.05) is 18.0 Å². The summed E-state index contributed by atoms with van der Waals surface area (Å²) in [5.74, 6) is 1.17. The molecule has 0 saturated carbocycles. The van der Waals surface area contributed by atoms with E-state index in [2.05, 4.69) is 9.97 Å². The number of hydrogen-bond donors (Lipinski definition) is 2. The predicted octanol–water partition coefficient (Wildman–Crippen LogP) is 2.76. The molecule has 138 valence electrons. The van der Waals surface area contributed by atoms with Gasteiger partial charge in [-0.05, 0) is 30.7 Å². The van der Waals surface area contributed by atoms with E-state index < -0.39 is 5.97 Å². The van der Waals surface area contributed by atoms with Gasteiger partial charge in [0.1, 0.15) is 0 Å². The van der Waals surface area contributed by atoms with E-state index in [1.165, 1.54) is 18.0 Å². The molecule has 0 aliphatic carbocycles. The number of aromatic carboxylic acids is 1. The van der Waals surface area contributed by atoms with Crippen LogP contribution in [0.2, 0.25) is 0 Å². The van der Waals surface area contributed by atoms with Gasteiger partial charge in [-0.1, -0.05) is 36.4 Å². The van der Waals surface area contributed by atoms with Gasteiger partial charge >= 0.3 is 5.97 Å². The second kappa shape index (κ2) is 8.77. The molecule has 1 aliphatic rings. The minimum Gasteiger partial charge on any atom is -0.478 e. The summed E-state index contributed by atoms with van der Waals surface area (Å²) in [4.78, 5) is 18.5. The highest BCUT2D eigenvalue weighted by molar-refractivity contribution is 5.86. The fourth-order valence-corrected chi connectivity index (χ4v) is 2.44. The average molecular weight is 365 g/mol. The number of nitrogens with two attached hydrogens (primary N) is 1. The summed E-state index contributed by atoms with van der Waals surface area (Å²) in [5.41, 5.74) is 7.59. The van der Waals surface area contributed by atoms with Crippen molar-refractivity contribution in [3.8, 4) is 22.9 Å². The van der Waals surface area contributed by atoms with E-state index in [9.17, 15) is 4.79 Å². The monoisotopic (exact) mass is 365 g/mol. The van der Waals surface area contributed by atoms with Gasteiger partial charge in [0.2, 0.25) is 6.79 Å². The van der Waals surface area contributed by atoms with Crippen molar-refractivity contribution in [1.29, 1.82) is 0 Å². The minimum absolute atomic E-state index is 0.0923. The van der Waals surface area contributed by atoms with Crippen LogP contribution in [0.1, 0.15) is 15.9 Å². The Labute approximate surface area is 156 Å². The summed E-state index contributed by atoms with van der Waals surface area (Å²) in [6.07, 6.45) is 3.49. The van der Waals surface area contributed by atoms with Crippen LogP contribution >= 0.6 is 0 Å². The lowest BCUT2D eigenvalue weighted by atomic mass is 10.1. The van der Waals surface area contributed by atoms with E-state index in [1.807, 2.05) is 48.5 Å². The maximum atomic E-state index is 10.6. The lowest BCUT2D eigenvalue weighted by Crippen LogP contribution is -2.02. The molecule has 3 N–H and O–H groups in total. The third-order valence-corrected chi connectivity index (χ3v) is 3.80. The van der Waals surface area contributed by atoms with Crippen molar-refractivity contribution in [1.82, 2.24) is 9.97 Å². The number of aromatic nitrogens is 2. The molecule has 1 aliphatic heterocycles. The molecule has 7 nitrogen and oxygen atoms in total. The molecule has 0 atom stereocenters. The molecule has 0 amide bonds. The molecule has 1 aromatic heterocycles. The second-order valence-corrected chi connectivity index (χ2v) is 5.69. The Kier molecular flexibility index (Phi) is 5.96. The van der Waals surface area contributed by atoms with Crippen molar-refractivity contribution >= 4 is 5.97 Å². The molecule has 2 heterocycles. The Morgan fingerprint density at radius 2 is 1.74 bits per heavy atom. The van der Waals surface area contributed by atoms with Crippen LogP contribution in [-0.2, 0) is 6.42 Å². The van der Waals surface area contributed by atoms with Gasteiger partial charge in [-0.2, -0.15) is 0 Å². The van der Waals surface area contributed by atoms with E-state index in [1.54, 1.807) is 0 Å². The fourth-order valence-electron chi connectivity index (χ4n) is 2.44. The molecule has 0 unspecified atom stereocenters. The lowest BCUT2D eigenvalue weighted by Gasteiger charge is -1.99. The van der Waals surface area contributed by atoms with E-state index >= 15 is 0 Å². The number of rotatable bonds is 4. The molecule has 27 heavy (non-hydrogen) atoms. The quantitative estimate of drug-likeness (QED) is 0.732. The fraction of sp³-hybridized carbons (Fsp3) is 0.150. The Bertz CT molecular complexity index is 899. The van der Waals surface area contributed by atoms with Crippen molar-refractivity contribution in [3.63, 3.8) is 0 Å². The number of benzene rings is 2. The zero-order chi connectivity index (χ0) is 19.1. The van der Waals surface area contributed by atoms with Crippen molar-refractivity contribution < 1.29 is 19.4 Å². The van der Waals surface area contributed by atoms with Crippen LogP contribution in [0, 0.1) is 0 Å². The third-order valence-electron chi connectivity index (χ3n) is 3.80. The Morgan fingerprint density at radius 1 is 1.04 bits per heavy atom. The van der Waals surface area contributed by atoms with Gasteiger partial charge in [-0.15, -0.1) is 0 Å². The smallest absolute Gasteiger partial charge is 0.338 e. The van der Waals surface area contributed by atoms with E-state index in [-0.39, 0.29) is 5.56 Å². The maximum absolute atomic E-state index is 10.6. The van der Waals surface area contributed by atoms with Crippen molar-refractivity contribution in [3.05, 3.63) is 72.1 Å². The molecule has 0 radical (unpaired) electrons. The first-order chi connectivity index (χ1) is 13.2. The van der Waals surface area contributed by atoms with Gasteiger partial charge in [0.25, 0.3) is 0 Å². The van der Waals surface area contributed by atoms with Crippen molar-refractivity contribution in [2.75, 3.05) is 13.3 Å². The predicted molar refractivity (Wildman–Crippen MR) is 99.8 cm³/mol. The summed E-state index contributed by atoms with van der Waals surface area (Å²) in [7, 11) is 0. The van der Waals surface area contributed by atoms with Crippen LogP contribution in [0.25, 0.3) is 11.4 Å². The molecule has 2 aromatic carbocycles. The first-order valence-electron chi connectivity index (χ1n) is 8.36. The Morgan fingerprint density at radius 3 is 2.41 bits per heavy atom. The summed E-state index contributed by atoms with van der Waals surface area (Å²) < 4.78 is 10.4. The topological polar surface area (TPSA) is 108 Å². The van der Waals surface area contributed by atoms with Gasteiger partial charge in [0.05, 0.1) is 5.56 Å². The van der Waals surface area contributed by atoms with Gasteiger partial charge in [0.15, 0.2) is 17.3 Å². The highest BCUT2D eigenvalue weighted by Crippen LogP contribution is 2.32. The normalized spacial score (nSPS) is 11.4. The average Bonchev–Trinajstić information content (AvgIpc) is 3.17. The van der Waals surface area contributed by atoms with Crippen LogP contribution in [0.5, 0.6) is 11.5 Å². The zero-order valence-corrected chi connectivity index (χ0v) is 14.5. The first kappa shape index (κ1) is 18.3. The van der Waals surface area contributed by atoms with E-state index in [0.29, 0.717) is 19.2 Å². The largest absolute Gasteiger partial charge is 0.478 e. The van der Waals surface area contributed by atoms with Gasteiger partial charge in [-0.3, -0.25) is 0 Å². The highest BCUT2D eigenvalue weighted by Gasteiger charge is 2.12. The molecular formula is C20H19N3O4. The number of hydrogen-bond acceptors (Lipinski definition) is 6. The Balaban J connectivity index is 0.000000159. The number of carboxylic acid groups (broad SMARTS) is 1. The number of fused-ring (bicyclic) bond motifs is 1. The van der Waals surface area contributed by atoms with Crippen molar-refractivity contribution in [2.24, 2.45) is 5.73 Å². The summed E-state index contributed by atoms with van der Waals surface area (Å²) in [5, 5.41) is 8.67. The number of carboxylic acids is 1. The number of nitrogens with zero attached hydrogens (tertiary/aromatic N) is 2. The first-order valence-corrected chi connectivity index (χ1v) is 8.36. The molecular weight excluding hydrogens is 346 g/mol. The molecule has 3 aromatic rings. The second-order valence-electron chi connectivity index (χ2n) is 5.69. The lowest BCUT2D eigenvalue weighted by molar-refractivity contribution is 0.0696. The van der Waals surface area contributed by atoms with Crippen molar-refractivity contribution in [2.45, 2.75) is 6.42 Å². The molecule has 4 rings (SSSR count). The van der Waals surface area contributed by atoms with Crippen LogP contribution < -0.4 is 15.2 Å². The standard InChI is InChI=1S/C11H8N2O2.C9H11NO2/c14-11(15)9-6-12-10(13-7-9)8-4-2-1-3-5-8;10-4-3-7-1-2-8-9(5-7)12-6-11-8/h1-7H,(H,14,15);1-2,5H,3-4,6,10H2. The summed E-state index contributed by atoms with van der Waals surface area (Å²) >= 11 is 0. The number of carbonyl (C=O) groups is 1. The number of ether oxygens (including phenoxy) is 2. The van der Waals surface area contributed by atoms with Crippen LogP contribution in [0.4, 0.5) is 0 Å². The van der Waals surface area contributed by atoms with Gasteiger partial charge < -0.3 is 20.3 Å². The third kappa shape index (κ3) is 4.80. The molecule has 0 saturated heterocycles. The molecule has 7 heteroatoms. The highest BCUT2D eigenvalue weighted by atomic mass is 16.7. The van der Waals surface area contributed by atoms with E-state index in [4.69, 9.17) is 20.3 Å². The zero-order valence-electron chi connectivity index (χ0n) is 14.5. The van der Waals surface area contributed by atoms with Crippen LogP contribution in [-0.4, -0.2) is 34.4 Å². The Hall–Kier alpha value is -3.45. The molecule has 0 bridgehead atoms. The SMILES string of the molecule is NCCc1ccc2c(c1)OCO2.O=C(O)c1cnc(-c2ccccc2)nc1. The molecule has 0 spiro atoms. The summed E-state index contributed by atoms with van der Waals surface area (Å²) in [6, 6.07) is 15.3. The van der Waals surface area contributed by atoms with Crippen LogP contribution in [0.15, 0.2) is 60.9 Å². The summed E-state index contributed by atoms with van der Waals surface area (Å²) in [6.45, 7) is 1.00. The maximum Gasteiger partial charge on any atom is 0.338 e. The van der Waals surface area contributed by atoms with Crippen LogP contribution in [0.3, 0.4) is 0 Å².